The molecule has 1 nitrogen and oxygen atoms in total. The van der Waals surface area contributed by atoms with Gasteiger partial charge in [0.1, 0.15) is 11.5 Å². The maximum absolute atomic E-state index is 5.86. The third-order valence-corrected chi connectivity index (χ3v) is 2.70. The molecule has 0 saturated heterocycles. The maximum atomic E-state index is 5.86. The molecule has 2 rings (SSSR count). The van der Waals surface area contributed by atoms with E-state index in [1.807, 2.05) is 30.3 Å². The van der Waals surface area contributed by atoms with E-state index in [1.165, 1.54) is 12.0 Å². The molecule has 15 heavy (non-hydrogen) atoms. The number of hydrogen-bond acceptors (Lipinski definition) is 1. The molecule has 0 N–H and O–H groups in total. The van der Waals surface area contributed by atoms with Crippen molar-refractivity contribution in [2.24, 2.45) is 0 Å². The van der Waals surface area contributed by atoms with Crippen LogP contribution in [0.4, 0.5) is 0 Å². The summed E-state index contributed by atoms with van der Waals surface area (Å²) in [4.78, 5) is 0. The number of allylic oxidation sites excluding steroid dienone is 2. The lowest BCUT2D eigenvalue weighted by atomic mass is 9.95. The van der Waals surface area contributed by atoms with Gasteiger partial charge in [0.05, 0.1) is 0 Å². The predicted octanol–water partition coefficient (Wildman–Crippen LogP) is 4.08. The second kappa shape index (κ2) is 4.35. The van der Waals surface area contributed by atoms with Crippen LogP contribution < -0.4 is 4.74 Å². The molecular formula is C14H16O. The Morgan fingerprint density at radius 2 is 1.87 bits per heavy atom. The van der Waals surface area contributed by atoms with Gasteiger partial charge in [0.2, 0.25) is 0 Å². The van der Waals surface area contributed by atoms with Gasteiger partial charge in [-0.3, -0.25) is 0 Å². The Morgan fingerprint density at radius 1 is 1.13 bits per heavy atom. The molecule has 0 amide bonds. The van der Waals surface area contributed by atoms with Crippen LogP contribution >= 0.6 is 0 Å². The maximum Gasteiger partial charge on any atom is 0.128 e. The van der Waals surface area contributed by atoms with Crippen LogP contribution in [0.5, 0.6) is 5.75 Å². The molecule has 0 atom stereocenters. The molecule has 0 saturated carbocycles. The Labute approximate surface area is 91.1 Å². The molecule has 0 unspecified atom stereocenters. The van der Waals surface area contributed by atoms with Crippen molar-refractivity contribution in [1.29, 1.82) is 0 Å². The number of para-hydroxylation sites is 1. The fourth-order valence-corrected chi connectivity index (χ4v) is 1.86. The van der Waals surface area contributed by atoms with E-state index >= 15 is 0 Å². The van der Waals surface area contributed by atoms with E-state index in [1.54, 1.807) is 0 Å². The third kappa shape index (κ3) is 2.30. The van der Waals surface area contributed by atoms with Gasteiger partial charge in [-0.2, -0.15) is 0 Å². The van der Waals surface area contributed by atoms with Gasteiger partial charge in [0.15, 0.2) is 0 Å². The minimum absolute atomic E-state index is 0.898. The highest BCUT2D eigenvalue weighted by atomic mass is 16.5. The van der Waals surface area contributed by atoms with Gasteiger partial charge in [-0.15, -0.1) is 0 Å². The summed E-state index contributed by atoms with van der Waals surface area (Å²) in [5.41, 5.74) is 2.44. The van der Waals surface area contributed by atoms with Crippen molar-refractivity contribution in [2.45, 2.75) is 26.2 Å². The highest BCUT2D eigenvalue weighted by Crippen LogP contribution is 2.30. The SMILES string of the molecule is C=C1CCCC(C)=C1Oc1ccccc1. The third-order valence-electron chi connectivity index (χ3n) is 2.70. The molecule has 1 aliphatic rings. The minimum atomic E-state index is 0.898. The zero-order chi connectivity index (χ0) is 10.7. The Morgan fingerprint density at radius 3 is 2.53 bits per heavy atom. The zero-order valence-corrected chi connectivity index (χ0v) is 9.12. The molecule has 0 radical (unpaired) electrons. The first kappa shape index (κ1) is 10.0. The summed E-state index contributed by atoms with van der Waals surface area (Å²) in [6, 6.07) is 9.90. The molecule has 0 aliphatic heterocycles. The van der Waals surface area contributed by atoms with Crippen LogP contribution in [-0.2, 0) is 0 Å². The number of rotatable bonds is 2. The normalized spacial score (nSPS) is 16.7. The lowest BCUT2D eigenvalue weighted by Crippen LogP contribution is -2.06. The predicted molar refractivity (Wildman–Crippen MR) is 62.8 cm³/mol. The molecular weight excluding hydrogens is 184 g/mol. The molecule has 1 aromatic carbocycles. The van der Waals surface area contributed by atoms with Gasteiger partial charge in [0, 0.05) is 0 Å². The highest BCUT2D eigenvalue weighted by molar-refractivity contribution is 5.35. The molecule has 1 aliphatic carbocycles. The van der Waals surface area contributed by atoms with E-state index in [9.17, 15) is 0 Å². The lowest BCUT2D eigenvalue weighted by molar-refractivity contribution is 0.413. The Hall–Kier alpha value is -1.50. The molecule has 1 heteroatoms. The highest BCUT2D eigenvalue weighted by Gasteiger charge is 2.14. The van der Waals surface area contributed by atoms with Crippen LogP contribution in [0.1, 0.15) is 26.2 Å². The van der Waals surface area contributed by atoms with Crippen LogP contribution in [0.3, 0.4) is 0 Å². The van der Waals surface area contributed by atoms with Gasteiger partial charge in [-0.1, -0.05) is 24.8 Å². The second-order valence-electron chi connectivity index (χ2n) is 3.98. The quantitative estimate of drug-likeness (QED) is 0.699. The van der Waals surface area contributed by atoms with Crippen molar-refractivity contribution in [1.82, 2.24) is 0 Å². The van der Waals surface area contributed by atoms with Crippen molar-refractivity contribution in [3.8, 4) is 5.75 Å². The number of ether oxygens (including phenoxy) is 1. The van der Waals surface area contributed by atoms with Crippen molar-refractivity contribution >= 4 is 0 Å². The fourth-order valence-electron chi connectivity index (χ4n) is 1.86. The average molecular weight is 200 g/mol. The van der Waals surface area contributed by atoms with Gasteiger partial charge in [0.25, 0.3) is 0 Å². The topological polar surface area (TPSA) is 9.23 Å². The first-order valence-corrected chi connectivity index (χ1v) is 5.38. The molecule has 0 fully saturated rings. The summed E-state index contributed by atoms with van der Waals surface area (Å²) >= 11 is 0. The van der Waals surface area contributed by atoms with Gasteiger partial charge in [-0.05, 0) is 49.5 Å². The molecule has 0 heterocycles. The second-order valence-corrected chi connectivity index (χ2v) is 3.98. The van der Waals surface area contributed by atoms with E-state index in [-0.39, 0.29) is 0 Å². The Kier molecular flexibility index (Phi) is 2.91. The Balaban J connectivity index is 2.21. The number of hydrogen-bond donors (Lipinski definition) is 0. The minimum Gasteiger partial charge on any atom is -0.457 e. The number of benzene rings is 1. The van der Waals surface area contributed by atoms with Gasteiger partial charge in [-0.25, -0.2) is 0 Å². The molecule has 0 aromatic heterocycles. The van der Waals surface area contributed by atoms with E-state index < -0.39 is 0 Å². The summed E-state index contributed by atoms with van der Waals surface area (Å²) in [6.45, 7) is 6.19. The first-order chi connectivity index (χ1) is 7.27. The van der Waals surface area contributed by atoms with Gasteiger partial charge >= 0.3 is 0 Å². The van der Waals surface area contributed by atoms with Crippen molar-refractivity contribution in [3.05, 3.63) is 53.8 Å². The first-order valence-electron chi connectivity index (χ1n) is 5.38. The van der Waals surface area contributed by atoms with E-state index in [4.69, 9.17) is 4.74 Å². The standard InChI is InChI=1S/C14H16O/c1-11-7-6-8-12(2)14(11)15-13-9-4-3-5-10-13/h3-5,9-10H,1,6-8H2,2H3. The fraction of sp³-hybridized carbons (Fsp3) is 0.286. The van der Waals surface area contributed by atoms with E-state index in [2.05, 4.69) is 13.5 Å². The smallest absolute Gasteiger partial charge is 0.128 e. The largest absolute Gasteiger partial charge is 0.457 e. The monoisotopic (exact) mass is 200 g/mol. The van der Waals surface area contributed by atoms with E-state index in [0.29, 0.717) is 0 Å². The van der Waals surface area contributed by atoms with Crippen LogP contribution in [0.2, 0.25) is 0 Å². The zero-order valence-electron chi connectivity index (χ0n) is 9.12. The Bertz CT molecular complexity index is 387. The van der Waals surface area contributed by atoms with Crippen molar-refractivity contribution in [2.75, 3.05) is 0 Å². The molecule has 0 spiro atoms. The van der Waals surface area contributed by atoms with Crippen molar-refractivity contribution in [3.63, 3.8) is 0 Å². The average Bonchev–Trinajstić information content (AvgIpc) is 2.25. The van der Waals surface area contributed by atoms with Gasteiger partial charge < -0.3 is 4.74 Å². The van der Waals surface area contributed by atoms with Crippen LogP contribution in [0.15, 0.2) is 53.8 Å². The summed E-state index contributed by atoms with van der Waals surface area (Å²) in [5.74, 6) is 1.89. The van der Waals surface area contributed by atoms with E-state index in [0.717, 1.165) is 29.9 Å². The summed E-state index contributed by atoms with van der Waals surface area (Å²) in [5, 5.41) is 0. The van der Waals surface area contributed by atoms with Crippen LogP contribution in [-0.4, -0.2) is 0 Å². The molecule has 1 aromatic rings. The molecule has 0 bridgehead atoms. The summed E-state index contributed by atoms with van der Waals surface area (Å²) in [6.07, 6.45) is 3.38. The summed E-state index contributed by atoms with van der Waals surface area (Å²) < 4.78 is 5.86. The van der Waals surface area contributed by atoms with Crippen molar-refractivity contribution < 1.29 is 4.74 Å². The summed E-state index contributed by atoms with van der Waals surface area (Å²) in [7, 11) is 0. The molecule has 78 valence electrons. The van der Waals surface area contributed by atoms with Crippen LogP contribution in [0.25, 0.3) is 0 Å². The van der Waals surface area contributed by atoms with Crippen LogP contribution in [0, 0.1) is 0 Å². The lowest BCUT2D eigenvalue weighted by Gasteiger charge is -2.20.